The summed E-state index contributed by atoms with van der Waals surface area (Å²) in [5.74, 6) is 0.509. The van der Waals surface area contributed by atoms with Crippen molar-refractivity contribution < 1.29 is 17.9 Å². The number of aryl methyl sites for hydroxylation is 1. The first-order chi connectivity index (χ1) is 7.92. The highest BCUT2D eigenvalue weighted by atomic mass is 19.4. The minimum absolute atomic E-state index is 0.344. The van der Waals surface area contributed by atoms with Crippen molar-refractivity contribution in [1.82, 2.24) is 5.32 Å². The average Bonchev–Trinajstić information content (AvgIpc) is 2.20. The van der Waals surface area contributed by atoms with Crippen LogP contribution in [0.4, 0.5) is 13.2 Å². The molecule has 1 aromatic carbocycles. The van der Waals surface area contributed by atoms with Crippen LogP contribution >= 0.6 is 0 Å². The molecule has 2 nitrogen and oxygen atoms in total. The number of halogens is 3. The van der Waals surface area contributed by atoms with Crippen molar-refractivity contribution in [3.8, 4) is 5.75 Å². The Balaban J connectivity index is 2.63. The summed E-state index contributed by atoms with van der Waals surface area (Å²) in [6, 6.07) is 5.43. The first kappa shape index (κ1) is 13.8. The maximum atomic E-state index is 12.0. The molecule has 0 spiro atoms. The third-order valence-electron chi connectivity index (χ3n) is 2.23. The van der Waals surface area contributed by atoms with Crippen LogP contribution in [0.25, 0.3) is 0 Å². The topological polar surface area (TPSA) is 21.3 Å². The zero-order chi connectivity index (χ0) is 12.9. The summed E-state index contributed by atoms with van der Waals surface area (Å²) in [4.78, 5) is 0. The molecule has 0 saturated heterocycles. The van der Waals surface area contributed by atoms with E-state index in [0.29, 0.717) is 12.3 Å². The standard InChI is InChI=1S/C12H16F3NO/c1-9-3-4-11(10(7-9)8-16-2)17-6-5-12(13,14)15/h3-4,7,16H,5-6,8H2,1-2H3. The molecule has 1 aromatic rings. The highest BCUT2D eigenvalue weighted by Gasteiger charge is 2.26. The molecular weight excluding hydrogens is 231 g/mol. The van der Waals surface area contributed by atoms with E-state index in [1.54, 1.807) is 13.1 Å². The SMILES string of the molecule is CNCc1cc(C)ccc1OCCC(F)(F)F. The van der Waals surface area contributed by atoms with E-state index >= 15 is 0 Å². The number of benzene rings is 1. The van der Waals surface area contributed by atoms with Crippen LogP contribution in [0.3, 0.4) is 0 Å². The van der Waals surface area contributed by atoms with Crippen molar-refractivity contribution >= 4 is 0 Å². The third-order valence-corrected chi connectivity index (χ3v) is 2.23. The maximum absolute atomic E-state index is 12.0. The molecule has 0 saturated carbocycles. The molecule has 0 unspecified atom stereocenters. The fraction of sp³-hybridized carbons (Fsp3) is 0.500. The molecule has 0 atom stereocenters. The molecule has 5 heteroatoms. The second kappa shape index (κ2) is 5.91. The molecule has 0 aliphatic carbocycles. The maximum Gasteiger partial charge on any atom is 0.392 e. The number of ether oxygens (including phenoxy) is 1. The first-order valence-electron chi connectivity index (χ1n) is 5.36. The van der Waals surface area contributed by atoms with Gasteiger partial charge in [-0.1, -0.05) is 17.7 Å². The van der Waals surface area contributed by atoms with E-state index in [4.69, 9.17) is 4.74 Å². The molecular formula is C12H16F3NO. The molecule has 1 N–H and O–H groups in total. The van der Waals surface area contributed by atoms with Gasteiger partial charge in [-0.3, -0.25) is 0 Å². The molecule has 0 aliphatic rings. The summed E-state index contributed by atoms with van der Waals surface area (Å²) < 4.78 is 41.1. The highest BCUT2D eigenvalue weighted by Crippen LogP contribution is 2.23. The largest absolute Gasteiger partial charge is 0.493 e. The molecule has 17 heavy (non-hydrogen) atoms. The summed E-state index contributed by atoms with van der Waals surface area (Å²) in [7, 11) is 1.78. The summed E-state index contributed by atoms with van der Waals surface area (Å²) in [5.41, 5.74) is 1.92. The van der Waals surface area contributed by atoms with Crippen molar-refractivity contribution in [3.05, 3.63) is 29.3 Å². The molecule has 0 aliphatic heterocycles. The summed E-state index contributed by atoms with van der Waals surface area (Å²) in [6.07, 6.45) is -5.10. The molecule has 0 amide bonds. The van der Waals surface area contributed by atoms with Crippen LogP contribution < -0.4 is 10.1 Å². The monoisotopic (exact) mass is 247 g/mol. The van der Waals surface area contributed by atoms with E-state index in [1.165, 1.54) is 0 Å². The Morgan fingerprint density at radius 2 is 2.00 bits per heavy atom. The van der Waals surface area contributed by atoms with Gasteiger partial charge in [-0.25, -0.2) is 0 Å². The Labute approximate surface area is 98.8 Å². The van der Waals surface area contributed by atoms with E-state index in [-0.39, 0.29) is 6.61 Å². The third kappa shape index (κ3) is 5.08. The first-order valence-corrected chi connectivity index (χ1v) is 5.36. The molecule has 96 valence electrons. The van der Waals surface area contributed by atoms with Crippen LogP contribution in [0.15, 0.2) is 18.2 Å². The fourth-order valence-electron chi connectivity index (χ4n) is 1.45. The van der Waals surface area contributed by atoms with Crippen molar-refractivity contribution in [1.29, 1.82) is 0 Å². The number of hydrogen-bond donors (Lipinski definition) is 1. The van der Waals surface area contributed by atoms with Gasteiger partial charge in [-0.15, -0.1) is 0 Å². The minimum atomic E-state index is -4.17. The van der Waals surface area contributed by atoms with Crippen LogP contribution in [-0.2, 0) is 6.54 Å². The van der Waals surface area contributed by atoms with E-state index in [9.17, 15) is 13.2 Å². The van der Waals surface area contributed by atoms with Crippen LogP contribution in [0.2, 0.25) is 0 Å². The van der Waals surface area contributed by atoms with E-state index < -0.39 is 12.6 Å². The van der Waals surface area contributed by atoms with Crippen molar-refractivity contribution in [2.45, 2.75) is 26.1 Å². The van der Waals surface area contributed by atoms with Gasteiger partial charge in [-0.2, -0.15) is 13.2 Å². The number of hydrogen-bond acceptors (Lipinski definition) is 2. The molecule has 0 fully saturated rings. The molecule has 0 heterocycles. The normalized spacial score (nSPS) is 11.6. The van der Waals surface area contributed by atoms with Crippen molar-refractivity contribution in [2.75, 3.05) is 13.7 Å². The Morgan fingerprint density at radius 3 is 2.59 bits per heavy atom. The van der Waals surface area contributed by atoms with E-state index in [2.05, 4.69) is 5.32 Å². The lowest BCUT2D eigenvalue weighted by molar-refractivity contribution is -0.139. The quantitative estimate of drug-likeness (QED) is 0.863. The van der Waals surface area contributed by atoms with Gasteiger partial charge in [0.2, 0.25) is 0 Å². The van der Waals surface area contributed by atoms with Crippen molar-refractivity contribution in [2.24, 2.45) is 0 Å². The molecule has 0 aromatic heterocycles. The van der Waals surface area contributed by atoms with Gasteiger partial charge < -0.3 is 10.1 Å². The van der Waals surface area contributed by atoms with Gasteiger partial charge in [-0.05, 0) is 20.0 Å². The van der Waals surface area contributed by atoms with Crippen LogP contribution in [0.5, 0.6) is 5.75 Å². The predicted octanol–water partition coefficient (Wildman–Crippen LogP) is 3.05. The second-order valence-electron chi connectivity index (χ2n) is 3.86. The van der Waals surface area contributed by atoms with Crippen molar-refractivity contribution in [3.63, 3.8) is 0 Å². The second-order valence-corrected chi connectivity index (χ2v) is 3.86. The fourth-order valence-corrected chi connectivity index (χ4v) is 1.45. The number of nitrogens with one attached hydrogen (secondary N) is 1. The lowest BCUT2D eigenvalue weighted by Crippen LogP contribution is -2.14. The van der Waals surface area contributed by atoms with E-state index in [0.717, 1.165) is 11.1 Å². The Hall–Kier alpha value is -1.23. The molecule has 0 bridgehead atoms. The summed E-state index contributed by atoms with van der Waals surface area (Å²) >= 11 is 0. The van der Waals surface area contributed by atoms with Gasteiger partial charge in [0.1, 0.15) is 5.75 Å². The van der Waals surface area contributed by atoms with Gasteiger partial charge in [0.15, 0.2) is 0 Å². The minimum Gasteiger partial charge on any atom is -0.493 e. The van der Waals surface area contributed by atoms with Gasteiger partial charge in [0.25, 0.3) is 0 Å². The van der Waals surface area contributed by atoms with Gasteiger partial charge in [0.05, 0.1) is 13.0 Å². The highest BCUT2D eigenvalue weighted by molar-refractivity contribution is 5.36. The lowest BCUT2D eigenvalue weighted by Gasteiger charge is -2.13. The van der Waals surface area contributed by atoms with Crippen LogP contribution in [-0.4, -0.2) is 19.8 Å². The summed E-state index contributed by atoms with van der Waals surface area (Å²) in [5, 5.41) is 2.96. The smallest absolute Gasteiger partial charge is 0.392 e. The zero-order valence-electron chi connectivity index (χ0n) is 9.90. The Morgan fingerprint density at radius 1 is 1.29 bits per heavy atom. The zero-order valence-corrected chi connectivity index (χ0v) is 9.90. The van der Waals surface area contributed by atoms with Gasteiger partial charge in [0, 0.05) is 12.1 Å². The number of alkyl halides is 3. The molecule has 0 radical (unpaired) electrons. The average molecular weight is 247 g/mol. The Bertz CT molecular complexity index is 363. The Kier molecular flexibility index (Phi) is 4.81. The summed E-state index contributed by atoms with van der Waals surface area (Å²) in [6.45, 7) is 2.16. The van der Waals surface area contributed by atoms with Crippen LogP contribution in [0, 0.1) is 6.92 Å². The number of rotatable bonds is 5. The van der Waals surface area contributed by atoms with Crippen LogP contribution in [0.1, 0.15) is 17.5 Å². The molecule has 1 rings (SSSR count). The van der Waals surface area contributed by atoms with Gasteiger partial charge >= 0.3 is 6.18 Å². The van der Waals surface area contributed by atoms with E-state index in [1.807, 2.05) is 19.1 Å². The predicted molar refractivity (Wildman–Crippen MR) is 60.1 cm³/mol. The lowest BCUT2D eigenvalue weighted by atomic mass is 10.1.